The molecule has 0 radical (unpaired) electrons. The Balaban J connectivity index is -0.000000581. The normalized spacial score (nSPS) is 15.0. The molecule has 246 valence electrons. The van der Waals surface area contributed by atoms with Crippen molar-refractivity contribution in [1.82, 2.24) is 0 Å². The van der Waals surface area contributed by atoms with Crippen LogP contribution in [0.25, 0.3) is 11.6 Å². The molecule has 1 atom stereocenters. The SMILES string of the molecule is C=C(C)c1cc2c(c(C)c1/C=C(\C)C1CC1)CC(C)C2.C=C/C(C)=C\C=C(C)C.CC=O.CCC(C)(C)F.CCN.CN. The highest BCUT2D eigenvalue weighted by molar-refractivity contribution is 5.77. The van der Waals surface area contributed by atoms with E-state index in [0.717, 1.165) is 24.7 Å². The van der Waals surface area contributed by atoms with Crippen molar-refractivity contribution in [2.75, 3.05) is 13.6 Å². The average Bonchev–Trinajstić information content (AvgIpc) is 3.72. The summed E-state index contributed by atoms with van der Waals surface area (Å²) in [7, 11) is 1.50. The van der Waals surface area contributed by atoms with Crippen LogP contribution in [0.3, 0.4) is 0 Å². The summed E-state index contributed by atoms with van der Waals surface area (Å²) in [5.41, 5.74) is 21.2. The van der Waals surface area contributed by atoms with Crippen molar-refractivity contribution in [2.24, 2.45) is 23.3 Å². The molecule has 0 bridgehead atoms. The number of halogens is 1. The maximum atomic E-state index is 12.1. The number of carbonyl (C=O) groups is 1. The number of nitrogens with two attached hydrogens (primary N) is 2. The summed E-state index contributed by atoms with van der Waals surface area (Å²) in [6.07, 6.45) is 15.0. The summed E-state index contributed by atoms with van der Waals surface area (Å²) in [5, 5.41) is 0. The lowest BCUT2D eigenvalue weighted by Gasteiger charge is -2.15. The third-order valence-electron chi connectivity index (χ3n) is 6.87. The van der Waals surface area contributed by atoms with Gasteiger partial charge in [-0.2, -0.15) is 0 Å². The van der Waals surface area contributed by atoms with Crippen LogP contribution in [0.4, 0.5) is 4.39 Å². The number of allylic oxidation sites excluding steroid dienone is 7. The number of benzene rings is 1. The van der Waals surface area contributed by atoms with Gasteiger partial charge >= 0.3 is 0 Å². The van der Waals surface area contributed by atoms with Gasteiger partial charge in [-0.15, -0.1) is 0 Å². The Morgan fingerprint density at radius 2 is 1.53 bits per heavy atom. The Bertz CT molecular complexity index is 1050. The van der Waals surface area contributed by atoms with Crippen molar-refractivity contribution in [3.05, 3.63) is 82.0 Å². The lowest BCUT2D eigenvalue weighted by Crippen LogP contribution is -2.07. The van der Waals surface area contributed by atoms with Crippen LogP contribution in [0.15, 0.2) is 54.2 Å². The Kier molecular flexibility index (Phi) is 25.9. The van der Waals surface area contributed by atoms with Crippen molar-refractivity contribution in [3.63, 3.8) is 0 Å². The number of alkyl halides is 1. The highest BCUT2D eigenvalue weighted by Gasteiger charge is 2.25. The van der Waals surface area contributed by atoms with Crippen LogP contribution in [0.5, 0.6) is 0 Å². The molecule has 3 rings (SSSR count). The van der Waals surface area contributed by atoms with Crippen LogP contribution in [0.2, 0.25) is 0 Å². The van der Waals surface area contributed by atoms with Crippen molar-refractivity contribution in [1.29, 1.82) is 0 Å². The van der Waals surface area contributed by atoms with Crippen molar-refractivity contribution < 1.29 is 9.18 Å². The number of carbonyl (C=O) groups excluding carboxylic acids is 1. The Morgan fingerprint density at radius 3 is 1.88 bits per heavy atom. The van der Waals surface area contributed by atoms with E-state index in [1.54, 1.807) is 30.5 Å². The first-order valence-corrected chi connectivity index (χ1v) is 15.8. The smallest absolute Gasteiger partial charge is 0.116 e. The molecule has 4 heteroatoms. The number of aldehydes is 1. The molecule has 1 fully saturated rings. The molecule has 1 unspecified atom stereocenters. The van der Waals surface area contributed by atoms with Crippen molar-refractivity contribution >= 4 is 17.9 Å². The van der Waals surface area contributed by atoms with Gasteiger partial charge in [-0.25, -0.2) is 4.39 Å². The molecule has 1 aromatic carbocycles. The van der Waals surface area contributed by atoms with Crippen LogP contribution in [0.1, 0.15) is 123 Å². The fourth-order valence-electron chi connectivity index (χ4n) is 4.00. The lowest BCUT2D eigenvalue weighted by molar-refractivity contribution is -0.106. The minimum Gasteiger partial charge on any atom is -0.333 e. The number of rotatable bonds is 6. The minimum atomic E-state index is -0.958. The summed E-state index contributed by atoms with van der Waals surface area (Å²) >= 11 is 0. The van der Waals surface area contributed by atoms with Gasteiger partial charge in [-0.05, 0) is 148 Å². The third-order valence-corrected chi connectivity index (χ3v) is 6.87. The zero-order valence-corrected chi connectivity index (χ0v) is 30.2. The molecule has 0 amide bonds. The van der Waals surface area contributed by atoms with Gasteiger partial charge in [-0.1, -0.05) is 86.6 Å². The molecule has 0 saturated heterocycles. The first kappa shape index (κ1) is 44.9. The number of fused-ring (bicyclic) bond motifs is 1. The first-order chi connectivity index (χ1) is 20.0. The molecule has 1 aromatic rings. The molecule has 3 nitrogen and oxygen atoms in total. The summed E-state index contributed by atoms with van der Waals surface area (Å²) in [6, 6.07) is 2.42. The van der Waals surface area contributed by atoms with Gasteiger partial charge in [0.25, 0.3) is 0 Å². The summed E-state index contributed by atoms with van der Waals surface area (Å²) < 4.78 is 12.1. The van der Waals surface area contributed by atoms with Gasteiger partial charge < -0.3 is 16.3 Å². The second-order valence-electron chi connectivity index (χ2n) is 12.1. The van der Waals surface area contributed by atoms with Gasteiger partial charge in [-0.3, -0.25) is 0 Å². The van der Waals surface area contributed by atoms with Gasteiger partial charge in [0.2, 0.25) is 0 Å². The zero-order valence-electron chi connectivity index (χ0n) is 30.2. The molecule has 0 aliphatic heterocycles. The second kappa shape index (κ2) is 24.8. The van der Waals surface area contributed by atoms with E-state index in [-0.39, 0.29) is 0 Å². The molecule has 1 saturated carbocycles. The van der Waals surface area contributed by atoms with Gasteiger partial charge in [0.15, 0.2) is 0 Å². The molecule has 0 aromatic heterocycles. The van der Waals surface area contributed by atoms with Crippen LogP contribution < -0.4 is 11.5 Å². The van der Waals surface area contributed by atoms with Crippen molar-refractivity contribution in [3.8, 4) is 0 Å². The summed E-state index contributed by atoms with van der Waals surface area (Å²) in [5.74, 6) is 1.64. The zero-order chi connectivity index (χ0) is 34.3. The molecule has 0 heterocycles. The maximum absolute atomic E-state index is 12.1. The van der Waals surface area contributed by atoms with Gasteiger partial charge in [0, 0.05) is 0 Å². The molecule has 2 aliphatic rings. The van der Waals surface area contributed by atoms with E-state index in [1.165, 1.54) is 73.1 Å². The number of hydrogen-bond donors (Lipinski definition) is 2. The fraction of sp³-hybridized carbons (Fsp3) is 0.564. The van der Waals surface area contributed by atoms with Gasteiger partial charge in [0.1, 0.15) is 12.0 Å². The molecule has 0 spiro atoms. The second-order valence-corrected chi connectivity index (χ2v) is 12.1. The Labute approximate surface area is 266 Å². The fourth-order valence-corrected chi connectivity index (χ4v) is 4.00. The molecule has 4 N–H and O–H groups in total. The maximum Gasteiger partial charge on any atom is 0.116 e. The van der Waals surface area contributed by atoms with E-state index >= 15 is 0 Å². The lowest BCUT2D eigenvalue weighted by atomic mass is 9.89. The van der Waals surface area contributed by atoms with Crippen LogP contribution in [-0.4, -0.2) is 25.5 Å². The minimum absolute atomic E-state index is 0.604. The summed E-state index contributed by atoms with van der Waals surface area (Å²) in [6.45, 7) is 32.2. The van der Waals surface area contributed by atoms with E-state index in [0.29, 0.717) is 6.42 Å². The quantitative estimate of drug-likeness (QED) is 0.253. The first-order valence-electron chi connectivity index (χ1n) is 15.8. The van der Waals surface area contributed by atoms with E-state index in [1.807, 2.05) is 26.8 Å². The molecule has 2 aliphatic carbocycles. The highest BCUT2D eigenvalue weighted by atomic mass is 19.1. The predicted octanol–water partition coefficient (Wildman–Crippen LogP) is 10.6. The van der Waals surface area contributed by atoms with E-state index < -0.39 is 5.67 Å². The van der Waals surface area contributed by atoms with Gasteiger partial charge in [0.05, 0.1) is 0 Å². The van der Waals surface area contributed by atoms with E-state index in [9.17, 15) is 4.39 Å². The monoisotopic (exact) mass is 599 g/mol. The number of hydrogen-bond acceptors (Lipinski definition) is 3. The summed E-state index contributed by atoms with van der Waals surface area (Å²) in [4.78, 5) is 8.81. The van der Waals surface area contributed by atoms with Crippen LogP contribution in [-0.2, 0) is 17.6 Å². The largest absolute Gasteiger partial charge is 0.333 e. The van der Waals surface area contributed by atoms with E-state index in [2.05, 4.69) is 84.7 Å². The van der Waals surface area contributed by atoms with Crippen LogP contribution >= 0.6 is 0 Å². The average molecular weight is 599 g/mol. The third kappa shape index (κ3) is 21.7. The van der Waals surface area contributed by atoms with E-state index in [4.69, 9.17) is 10.5 Å². The Morgan fingerprint density at radius 1 is 1.07 bits per heavy atom. The van der Waals surface area contributed by atoms with Crippen LogP contribution in [0, 0.1) is 18.8 Å². The molecule has 43 heavy (non-hydrogen) atoms. The standard InChI is InChI=1S/C20H26.C9H14.C5H11F.C2H7N.C2H4O.CH5N/c1-12(2)18-11-17-8-13(3)9-19(17)15(5)20(18)10-14(4)16-6-7-16;1-5-9(4)7-6-8(2)3;1-4-5(2,3)6;2*1-2-3;1-2/h10-11,13,16H,1,6-9H2,2-5H3;5-7H,1H2,2-4H3;4H2,1-3H3;2-3H2,1H3;2H,1H3;2H2,1H3/b14-10+;9-7-;;;;. The highest BCUT2D eigenvalue weighted by Crippen LogP contribution is 2.40. The molecular formula is C39H67FN2O. The Hall–Kier alpha value is -2.56. The predicted molar refractivity (Wildman–Crippen MR) is 194 cm³/mol. The van der Waals surface area contributed by atoms with Crippen molar-refractivity contribution in [2.45, 2.75) is 121 Å². The molecular weight excluding hydrogens is 531 g/mol. The topological polar surface area (TPSA) is 69.1 Å².